The second-order valence-corrected chi connectivity index (χ2v) is 7.86. The molecule has 10 nitrogen and oxygen atoms in total. The van der Waals surface area contributed by atoms with Crippen molar-refractivity contribution in [2.75, 3.05) is 37.5 Å². The van der Waals surface area contributed by atoms with Gasteiger partial charge in [0.2, 0.25) is 11.9 Å². The summed E-state index contributed by atoms with van der Waals surface area (Å²) in [7, 11) is 5.53. The highest BCUT2D eigenvalue weighted by Crippen LogP contribution is 2.40. The number of guanidine groups is 1. The quantitative estimate of drug-likeness (QED) is 0.777. The number of amides is 4. The number of aliphatic imine (C=N–C) groups is 1. The van der Waals surface area contributed by atoms with Gasteiger partial charge in [0, 0.05) is 43.9 Å². The van der Waals surface area contributed by atoms with Gasteiger partial charge in [-0.3, -0.25) is 24.3 Å². The summed E-state index contributed by atoms with van der Waals surface area (Å²) in [4.78, 5) is 50.1. The van der Waals surface area contributed by atoms with Gasteiger partial charge in [0.05, 0.1) is 0 Å². The van der Waals surface area contributed by atoms with Crippen molar-refractivity contribution in [3.63, 3.8) is 0 Å². The normalized spacial score (nSPS) is 23.2. The molecule has 1 aromatic carbocycles. The van der Waals surface area contributed by atoms with Crippen LogP contribution in [0.4, 0.5) is 16.2 Å². The molecule has 0 aliphatic carbocycles. The molecule has 2 unspecified atom stereocenters. The lowest BCUT2D eigenvalue weighted by Crippen LogP contribution is -2.65. The third kappa shape index (κ3) is 2.71. The molecule has 30 heavy (non-hydrogen) atoms. The van der Waals surface area contributed by atoms with Crippen LogP contribution in [0.25, 0.3) is 0 Å². The number of fused-ring (bicyclic) bond motifs is 3. The van der Waals surface area contributed by atoms with Crippen molar-refractivity contribution in [3.8, 4) is 0 Å². The molecule has 1 fully saturated rings. The van der Waals surface area contributed by atoms with Crippen LogP contribution in [-0.2, 0) is 9.59 Å². The molecule has 3 aliphatic rings. The number of carbonyl (C=O) groups excluding carboxylic acids is 3. The molecule has 2 atom stereocenters. The van der Waals surface area contributed by atoms with E-state index in [1.807, 2.05) is 66.9 Å². The molecule has 1 saturated heterocycles. The van der Waals surface area contributed by atoms with Gasteiger partial charge < -0.3 is 15.5 Å². The number of benzene rings is 1. The van der Waals surface area contributed by atoms with Crippen LogP contribution in [0.2, 0.25) is 0 Å². The Kier molecular flexibility index (Phi) is 4.44. The van der Waals surface area contributed by atoms with E-state index in [4.69, 9.17) is 10.7 Å². The Morgan fingerprint density at radius 2 is 1.77 bits per heavy atom. The topological polar surface area (TPSA) is 106 Å². The first kappa shape index (κ1) is 19.7. The van der Waals surface area contributed by atoms with Crippen molar-refractivity contribution in [3.05, 3.63) is 35.7 Å². The fourth-order valence-corrected chi connectivity index (χ4v) is 4.12. The van der Waals surface area contributed by atoms with Gasteiger partial charge >= 0.3 is 6.03 Å². The fourth-order valence-electron chi connectivity index (χ4n) is 4.12. The van der Waals surface area contributed by atoms with Crippen molar-refractivity contribution in [2.24, 2.45) is 10.7 Å². The zero-order chi connectivity index (χ0) is 21.9. The number of imide groups is 1. The van der Waals surface area contributed by atoms with Crippen molar-refractivity contribution < 1.29 is 14.4 Å². The van der Waals surface area contributed by atoms with Gasteiger partial charge in [-0.1, -0.05) is 0 Å². The zero-order valence-corrected chi connectivity index (χ0v) is 17.7. The van der Waals surface area contributed by atoms with Gasteiger partial charge in [-0.05, 0) is 38.1 Å². The number of rotatable bonds is 4. The summed E-state index contributed by atoms with van der Waals surface area (Å²) in [5, 5.41) is 0. The molecule has 0 saturated carbocycles. The summed E-state index contributed by atoms with van der Waals surface area (Å²) >= 11 is 0. The lowest BCUT2D eigenvalue weighted by atomic mass is 10.1. The Balaban J connectivity index is 1.73. The van der Waals surface area contributed by atoms with E-state index in [9.17, 15) is 14.4 Å². The number of nitrogens with two attached hydrogens (primary N) is 1. The molecule has 2 N–H and O–H groups in total. The van der Waals surface area contributed by atoms with Crippen LogP contribution in [0.1, 0.15) is 13.8 Å². The van der Waals surface area contributed by atoms with E-state index in [2.05, 4.69) is 0 Å². The van der Waals surface area contributed by atoms with Crippen molar-refractivity contribution in [2.45, 2.75) is 26.1 Å². The van der Waals surface area contributed by atoms with Gasteiger partial charge in [-0.25, -0.2) is 9.79 Å². The molecule has 1 aromatic rings. The number of likely N-dealkylation sites (N-methyl/N-ethyl adjacent to an activating group) is 1. The van der Waals surface area contributed by atoms with E-state index in [-0.39, 0.29) is 0 Å². The van der Waals surface area contributed by atoms with Crippen LogP contribution in [0.3, 0.4) is 0 Å². The Labute approximate surface area is 174 Å². The maximum atomic E-state index is 13.2. The van der Waals surface area contributed by atoms with Crippen LogP contribution in [0.5, 0.6) is 0 Å². The molecule has 4 rings (SSSR count). The zero-order valence-electron chi connectivity index (χ0n) is 17.7. The number of hydrogen-bond acceptors (Lipinski definition) is 7. The van der Waals surface area contributed by atoms with Gasteiger partial charge in [0.1, 0.15) is 6.54 Å². The third-order valence-corrected chi connectivity index (χ3v) is 5.83. The predicted molar refractivity (Wildman–Crippen MR) is 113 cm³/mol. The minimum Gasteiger partial charge on any atom is -0.378 e. The first-order valence-corrected chi connectivity index (χ1v) is 9.62. The molecule has 10 heteroatoms. The first-order valence-electron chi connectivity index (χ1n) is 9.62. The maximum Gasteiger partial charge on any atom is 0.328 e. The number of anilines is 2. The Morgan fingerprint density at radius 3 is 2.33 bits per heavy atom. The molecule has 0 aromatic heterocycles. The van der Waals surface area contributed by atoms with Crippen molar-refractivity contribution in [1.29, 1.82) is 0 Å². The highest BCUT2D eigenvalue weighted by molar-refractivity contribution is 6.11. The SMILES string of the molecule is CC1=C(C)N2C(=NC3C2C(=O)N(CC(N)=O)C(=O)N3C)N1c1ccc(N(C)C)cc1. The number of allylic oxidation sites excluding steroid dienone is 2. The largest absolute Gasteiger partial charge is 0.378 e. The molecular formula is C20H25N7O3. The third-order valence-electron chi connectivity index (χ3n) is 5.83. The summed E-state index contributed by atoms with van der Waals surface area (Å²) in [6.07, 6.45) is -0.671. The van der Waals surface area contributed by atoms with Crippen LogP contribution >= 0.6 is 0 Å². The van der Waals surface area contributed by atoms with Gasteiger partial charge in [0.15, 0.2) is 12.2 Å². The minimum absolute atomic E-state index is 0.453. The van der Waals surface area contributed by atoms with E-state index in [1.54, 1.807) is 7.05 Å². The Morgan fingerprint density at radius 1 is 1.13 bits per heavy atom. The average molecular weight is 411 g/mol. The number of hydrogen-bond donors (Lipinski definition) is 1. The first-order chi connectivity index (χ1) is 14.1. The summed E-state index contributed by atoms with van der Waals surface area (Å²) in [6, 6.07) is 6.71. The molecule has 0 radical (unpaired) electrons. The summed E-state index contributed by atoms with van der Waals surface area (Å²) < 4.78 is 0. The monoisotopic (exact) mass is 411 g/mol. The minimum atomic E-state index is -0.741. The number of carbonyl (C=O) groups is 3. The highest BCUT2D eigenvalue weighted by atomic mass is 16.2. The van der Waals surface area contributed by atoms with E-state index in [0.717, 1.165) is 27.7 Å². The predicted octanol–water partition coefficient (Wildman–Crippen LogP) is 0.570. The molecule has 3 aliphatic heterocycles. The summed E-state index contributed by atoms with van der Waals surface area (Å²) in [6.45, 7) is 3.43. The van der Waals surface area contributed by atoms with E-state index >= 15 is 0 Å². The Bertz CT molecular complexity index is 998. The van der Waals surface area contributed by atoms with Crippen LogP contribution in [0.15, 0.2) is 40.7 Å². The molecule has 4 amide bonds. The van der Waals surface area contributed by atoms with Gasteiger partial charge in [-0.15, -0.1) is 0 Å². The summed E-state index contributed by atoms with van der Waals surface area (Å²) in [5.74, 6) is -0.626. The van der Waals surface area contributed by atoms with E-state index in [1.165, 1.54) is 4.90 Å². The highest BCUT2D eigenvalue weighted by Gasteiger charge is 2.56. The number of urea groups is 1. The Hall–Kier alpha value is -3.56. The van der Waals surface area contributed by atoms with Gasteiger partial charge in [-0.2, -0.15) is 0 Å². The smallest absolute Gasteiger partial charge is 0.328 e. The second kappa shape index (κ2) is 6.75. The second-order valence-electron chi connectivity index (χ2n) is 7.86. The molecule has 0 spiro atoms. The lowest BCUT2D eigenvalue weighted by Gasteiger charge is -2.40. The molecular weight excluding hydrogens is 386 g/mol. The van der Waals surface area contributed by atoms with Gasteiger partial charge in [0.25, 0.3) is 5.91 Å². The fraction of sp³-hybridized carbons (Fsp3) is 0.400. The van der Waals surface area contributed by atoms with E-state index < -0.39 is 36.6 Å². The van der Waals surface area contributed by atoms with Crippen LogP contribution in [-0.4, -0.2) is 78.4 Å². The lowest BCUT2D eigenvalue weighted by molar-refractivity contribution is -0.139. The van der Waals surface area contributed by atoms with E-state index in [0.29, 0.717) is 5.96 Å². The summed E-state index contributed by atoms with van der Waals surface area (Å²) in [5.41, 5.74) is 9.04. The van der Waals surface area contributed by atoms with Crippen molar-refractivity contribution in [1.82, 2.24) is 14.7 Å². The molecule has 3 heterocycles. The van der Waals surface area contributed by atoms with Crippen LogP contribution in [0, 0.1) is 0 Å². The molecule has 158 valence electrons. The maximum absolute atomic E-state index is 13.2. The van der Waals surface area contributed by atoms with Crippen molar-refractivity contribution >= 4 is 35.2 Å². The molecule has 0 bridgehead atoms. The standard InChI is InChI=1S/C20H25N7O3/c1-11-12(2)27-16-17(24(5)20(30)25(18(16)29)10-15(21)28)22-19(27)26(11)14-8-6-13(7-9-14)23(3)4/h6-9,16-17H,10H2,1-5H3,(H2,21,28). The number of primary amides is 1. The van der Waals surface area contributed by atoms with Crippen LogP contribution < -0.4 is 15.5 Å². The number of nitrogens with zero attached hydrogens (tertiary/aromatic N) is 6. The average Bonchev–Trinajstić information content (AvgIpc) is 3.19.